The number of fused-ring (bicyclic) bond motifs is 1. The Morgan fingerprint density at radius 2 is 1.72 bits per heavy atom. The third kappa shape index (κ3) is 2.16. The first-order valence-electron chi connectivity index (χ1n) is 6.13. The standard InChI is InChI=1S/C14H20N4/c1-10-13(18(4)14(2,3)9-15)17-12-8-6-5-7-11(12)16-10/h5-8H,9,15H2,1-4H3. The third-order valence-electron chi connectivity index (χ3n) is 3.45. The van der Waals surface area contributed by atoms with Gasteiger partial charge in [0, 0.05) is 19.1 Å². The molecule has 4 heteroatoms. The molecule has 18 heavy (non-hydrogen) atoms. The van der Waals surface area contributed by atoms with Gasteiger partial charge in [0.25, 0.3) is 0 Å². The monoisotopic (exact) mass is 244 g/mol. The first kappa shape index (κ1) is 12.8. The topological polar surface area (TPSA) is 55.0 Å². The Bertz CT molecular complexity index is 563. The second-order valence-electron chi connectivity index (χ2n) is 5.20. The van der Waals surface area contributed by atoms with Gasteiger partial charge < -0.3 is 10.6 Å². The minimum absolute atomic E-state index is 0.137. The van der Waals surface area contributed by atoms with Crippen LogP contribution in [0.4, 0.5) is 5.82 Å². The van der Waals surface area contributed by atoms with Crippen molar-refractivity contribution in [2.24, 2.45) is 5.73 Å². The maximum Gasteiger partial charge on any atom is 0.151 e. The Labute approximate surface area is 108 Å². The van der Waals surface area contributed by atoms with Gasteiger partial charge in [-0.05, 0) is 32.9 Å². The van der Waals surface area contributed by atoms with Gasteiger partial charge in [0.1, 0.15) is 0 Å². The maximum absolute atomic E-state index is 5.82. The molecule has 0 amide bonds. The molecule has 0 aliphatic heterocycles. The zero-order valence-electron chi connectivity index (χ0n) is 11.4. The van der Waals surface area contributed by atoms with Gasteiger partial charge in [-0.15, -0.1) is 0 Å². The van der Waals surface area contributed by atoms with Crippen molar-refractivity contribution in [3.63, 3.8) is 0 Å². The Morgan fingerprint density at radius 1 is 1.17 bits per heavy atom. The van der Waals surface area contributed by atoms with Gasteiger partial charge in [-0.3, -0.25) is 0 Å². The van der Waals surface area contributed by atoms with E-state index in [1.807, 2.05) is 38.2 Å². The molecule has 0 aliphatic carbocycles. The molecule has 1 aromatic heterocycles. The molecule has 0 atom stereocenters. The van der Waals surface area contributed by atoms with Crippen LogP contribution in [0.2, 0.25) is 0 Å². The summed E-state index contributed by atoms with van der Waals surface area (Å²) in [6, 6.07) is 7.91. The molecule has 0 radical (unpaired) electrons. The van der Waals surface area contributed by atoms with E-state index in [4.69, 9.17) is 10.7 Å². The van der Waals surface area contributed by atoms with Gasteiger partial charge in [-0.1, -0.05) is 12.1 Å². The molecule has 1 aromatic carbocycles. The quantitative estimate of drug-likeness (QED) is 0.898. The third-order valence-corrected chi connectivity index (χ3v) is 3.45. The maximum atomic E-state index is 5.82. The number of rotatable bonds is 3. The molecule has 2 N–H and O–H groups in total. The van der Waals surface area contributed by atoms with Crippen LogP contribution in [0.3, 0.4) is 0 Å². The summed E-state index contributed by atoms with van der Waals surface area (Å²) in [5.74, 6) is 0.893. The smallest absolute Gasteiger partial charge is 0.151 e. The fraction of sp³-hybridized carbons (Fsp3) is 0.429. The van der Waals surface area contributed by atoms with Gasteiger partial charge in [-0.25, -0.2) is 9.97 Å². The van der Waals surface area contributed by atoms with Gasteiger partial charge in [0.15, 0.2) is 5.82 Å². The largest absolute Gasteiger partial charge is 0.352 e. The van der Waals surface area contributed by atoms with Crippen LogP contribution < -0.4 is 10.6 Å². The van der Waals surface area contributed by atoms with Crippen LogP contribution in [0.25, 0.3) is 11.0 Å². The molecule has 0 saturated carbocycles. The van der Waals surface area contributed by atoms with E-state index >= 15 is 0 Å². The second-order valence-corrected chi connectivity index (χ2v) is 5.20. The summed E-state index contributed by atoms with van der Waals surface area (Å²) in [6.45, 7) is 6.75. The van der Waals surface area contributed by atoms with Crippen molar-refractivity contribution in [3.8, 4) is 0 Å². The minimum atomic E-state index is -0.137. The highest BCUT2D eigenvalue weighted by molar-refractivity contribution is 5.76. The van der Waals surface area contributed by atoms with Crippen LogP contribution in [0.1, 0.15) is 19.5 Å². The highest BCUT2D eigenvalue weighted by Gasteiger charge is 2.24. The van der Waals surface area contributed by atoms with Crippen molar-refractivity contribution in [2.75, 3.05) is 18.5 Å². The zero-order chi connectivity index (χ0) is 13.3. The average molecular weight is 244 g/mol. The van der Waals surface area contributed by atoms with Crippen LogP contribution in [0.15, 0.2) is 24.3 Å². The number of para-hydroxylation sites is 2. The predicted octanol–water partition coefficient (Wildman–Crippen LogP) is 2.11. The Kier molecular flexibility index (Phi) is 3.22. The molecule has 0 spiro atoms. The molecule has 2 aromatic rings. The fourth-order valence-electron chi connectivity index (χ4n) is 1.82. The Morgan fingerprint density at radius 3 is 2.28 bits per heavy atom. The molecule has 4 nitrogen and oxygen atoms in total. The molecule has 96 valence electrons. The number of aromatic nitrogens is 2. The van der Waals surface area contributed by atoms with E-state index in [1.165, 1.54) is 0 Å². The summed E-state index contributed by atoms with van der Waals surface area (Å²) < 4.78 is 0. The van der Waals surface area contributed by atoms with Gasteiger partial charge >= 0.3 is 0 Å². The zero-order valence-corrected chi connectivity index (χ0v) is 11.4. The molecular formula is C14H20N4. The van der Waals surface area contributed by atoms with Gasteiger partial charge in [0.2, 0.25) is 0 Å². The van der Waals surface area contributed by atoms with Crippen molar-refractivity contribution in [1.29, 1.82) is 0 Å². The van der Waals surface area contributed by atoms with Crippen molar-refractivity contribution >= 4 is 16.9 Å². The Balaban J connectivity index is 2.54. The molecule has 0 saturated heterocycles. The Hall–Kier alpha value is -1.68. The molecule has 1 heterocycles. The van der Waals surface area contributed by atoms with E-state index in [0.717, 1.165) is 22.5 Å². The van der Waals surface area contributed by atoms with Crippen molar-refractivity contribution in [2.45, 2.75) is 26.3 Å². The van der Waals surface area contributed by atoms with E-state index in [-0.39, 0.29) is 5.54 Å². The summed E-state index contributed by atoms with van der Waals surface area (Å²) in [6.07, 6.45) is 0. The van der Waals surface area contributed by atoms with Crippen LogP contribution in [-0.2, 0) is 0 Å². The first-order chi connectivity index (χ1) is 8.45. The van der Waals surface area contributed by atoms with E-state index < -0.39 is 0 Å². The summed E-state index contributed by atoms with van der Waals surface area (Å²) in [5.41, 5.74) is 8.45. The van der Waals surface area contributed by atoms with Gasteiger partial charge in [-0.2, -0.15) is 0 Å². The minimum Gasteiger partial charge on any atom is -0.352 e. The number of benzene rings is 1. The van der Waals surface area contributed by atoms with Crippen LogP contribution in [-0.4, -0.2) is 29.1 Å². The second kappa shape index (κ2) is 4.53. The lowest BCUT2D eigenvalue weighted by Crippen LogP contribution is -2.48. The molecule has 0 bridgehead atoms. The number of hydrogen-bond donors (Lipinski definition) is 1. The first-order valence-corrected chi connectivity index (χ1v) is 6.13. The summed E-state index contributed by atoms with van der Waals surface area (Å²) in [4.78, 5) is 11.4. The SMILES string of the molecule is Cc1nc2ccccc2nc1N(C)C(C)(C)CN. The van der Waals surface area contributed by atoms with Crippen molar-refractivity contribution in [1.82, 2.24) is 9.97 Å². The van der Waals surface area contributed by atoms with E-state index in [9.17, 15) is 0 Å². The fourth-order valence-corrected chi connectivity index (χ4v) is 1.82. The van der Waals surface area contributed by atoms with Gasteiger partial charge in [0.05, 0.1) is 16.7 Å². The average Bonchev–Trinajstić information content (AvgIpc) is 2.37. The number of anilines is 1. The van der Waals surface area contributed by atoms with Crippen LogP contribution >= 0.6 is 0 Å². The van der Waals surface area contributed by atoms with E-state index in [0.29, 0.717) is 6.54 Å². The molecule has 0 aliphatic rings. The van der Waals surface area contributed by atoms with Crippen molar-refractivity contribution < 1.29 is 0 Å². The predicted molar refractivity (Wildman–Crippen MR) is 75.8 cm³/mol. The lowest BCUT2D eigenvalue weighted by molar-refractivity contribution is 0.493. The number of nitrogens with two attached hydrogens (primary N) is 1. The molecule has 0 unspecified atom stereocenters. The summed E-state index contributed by atoms with van der Waals surface area (Å²) in [7, 11) is 2.01. The number of likely N-dealkylation sites (N-methyl/N-ethyl adjacent to an activating group) is 1. The number of aryl methyl sites for hydroxylation is 1. The number of hydrogen-bond acceptors (Lipinski definition) is 4. The lowest BCUT2D eigenvalue weighted by atomic mass is 10.0. The highest BCUT2D eigenvalue weighted by atomic mass is 15.2. The normalized spacial score (nSPS) is 11.8. The van der Waals surface area contributed by atoms with E-state index in [2.05, 4.69) is 23.7 Å². The van der Waals surface area contributed by atoms with E-state index in [1.54, 1.807) is 0 Å². The van der Waals surface area contributed by atoms with Crippen molar-refractivity contribution in [3.05, 3.63) is 30.0 Å². The van der Waals surface area contributed by atoms with Crippen LogP contribution in [0.5, 0.6) is 0 Å². The summed E-state index contributed by atoms with van der Waals surface area (Å²) in [5, 5.41) is 0. The molecule has 0 fully saturated rings. The molecule has 2 rings (SSSR count). The highest BCUT2D eigenvalue weighted by Crippen LogP contribution is 2.24. The lowest BCUT2D eigenvalue weighted by Gasteiger charge is -2.36. The molecular weight excluding hydrogens is 224 g/mol. The van der Waals surface area contributed by atoms with Crippen LogP contribution in [0, 0.1) is 6.92 Å². The summed E-state index contributed by atoms with van der Waals surface area (Å²) >= 11 is 0. The number of nitrogens with zero attached hydrogens (tertiary/aromatic N) is 3.